The van der Waals surface area contributed by atoms with Gasteiger partial charge in [0.2, 0.25) is 5.89 Å². The van der Waals surface area contributed by atoms with Crippen molar-refractivity contribution in [3.05, 3.63) is 11.7 Å². The van der Waals surface area contributed by atoms with Gasteiger partial charge in [-0.25, -0.2) is 0 Å². The molecule has 96 valence electrons. The van der Waals surface area contributed by atoms with Crippen molar-refractivity contribution in [2.24, 2.45) is 0 Å². The van der Waals surface area contributed by atoms with Crippen molar-refractivity contribution in [3.8, 4) is 0 Å². The van der Waals surface area contributed by atoms with E-state index in [0.717, 1.165) is 12.8 Å². The highest BCUT2D eigenvalue weighted by atomic mass is 16.5. The number of carbonyl (C=O) groups is 1. The van der Waals surface area contributed by atoms with Gasteiger partial charge in [-0.05, 0) is 19.3 Å². The number of unbranched alkanes of at least 4 members (excludes halogenated alkanes) is 1. The van der Waals surface area contributed by atoms with Gasteiger partial charge in [0, 0.05) is 19.4 Å². The van der Waals surface area contributed by atoms with E-state index in [-0.39, 0.29) is 6.42 Å². The molecule has 1 heterocycles. The summed E-state index contributed by atoms with van der Waals surface area (Å²) in [6.07, 6.45) is 3.12. The van der Waals surface area contributed by atoms with Crippen LogP contribution in [-0.4, -0.2) is 27.8 Å². The first kappa shape index (κ1) is 13.6. The Bertz CT molecular complexity index is 338. The summed E-state index contributed by atoms with van der Waals surface area (Å²) < 4.78 is 10.3. The SMILES string of the molecule is CCCOCc1noc(CCCCC(=O)O)n1. The minimum atomic E-state index is -0.774. The van der Waals surface area contributed by atoms with Crippen molar-refractivity contribution in [2.75, 3.05) is 6.61 Å². The Balaban J connectivity index is 2.18. The second-order valence-corrected chi connectivity index (χ2v) is 3.76. The number of nitrogens with zero attached hydrogens (tertiary/aromatic N) is 2. The summed E-state index contributed by atoms with van der Waals surface area (Å²) in [4.78, 5) is 14.4. The largest absolute Gasteiger partial charge is 0.481 e. The molecule has 0 atom stereocenters. The van der Waals surface area contributed by atoms with Crippen molar-refractivity contribution in [3.63, 3.8) is 0 Å². The van der Waals surface area contributed by atoms with Gasteiger partial charge in [0.1, 0.15) is 6.61 Å². The van der Waals surface area contributed by atoms with Crippen molar-refractivity contribution in [1.29, 1.82) is 0 Å². The lowest BCUT2D eigenvalue weighted by Crippen LogP contribution is -1.97. The Labute approximate surface area is 100.0 Å². The van der Waals surface area contributed by atoms with Gasteiger partial charge in [-0.15, -0.1) is 0 Å². The molecule has 0 aromatic carbocycles. The summed E-state index contributed by atoms with van der Waals surface area (Å²) in [7, 11) is 0. The predicted molar refractivity (Wildman–Crippen MR) is 59.4 cm³/mol. The number of hydrogen-bond acceptors (Lipinski definition) is 5. The number of carboxylic acid groups (broad SMARTS) is 1. The Morgan fingerprint density at radius 2 is 2.29 bits per heavy atom. The van der Waals surface area contributed by atoms with Crippen LogP contribution in [0, 0.1) is 0 Å². The quantitative estimate of drug-likeness (QED) is 0.664. The summed E-state index contributed by atoms with van der Waals surface area (Å²) in [6, 6.07) is 0. The zero-order valence-electron chi connectivity index (χ0n) is 10.0. The summed E-state index contributed by atoms with van der Waals surface area (Å²) in [5.41, 5.74) is 0. The minimum absolute atomic E-state index is 0.181. The van der Waals surface area contributed by atoms with Gasteiger partial charge in [0.05, 0.1) is 0 Å². The molecule has 0 saturated carbocycles. The van der Waals surface area contributed by atoms with E-state index in [1.807, 2.05) is 6.92 Å². The van der Waals surface area contributed by atoms with Gasteiger partial charge >= 0.3 is 5.97 Å². The van der Waals surface area contributed by atoms with Crippen LogP contribution in [0.3, 0.4) is 0 Å². The van der Waals surface area contributed by atoms with Gasteiger partial charge < -0.3 is 14.4 Å². The molecule has 0 aliphatic rings. The molecular weight excluding hydrogens is 224 g/mol. The number of aliphatic carboxylic acids is 1. The highest BCUT2D eigenvalue weighted by Crippen LogP contribution is 2.05. The molecule has 6 heteroatoms. The van der Waals surface area contributed by atoms with Crippen LogP contribution in [0.2, 0.25) is 0 Å². The molecule has 0 radical (unpaired) electrons. The number of rotatable bonds is 9. The van der Waals surface area contributed by atoms with Gasteiger partial charge in [-0.1, -0.05) is 12.1 Å². The van der Waals surface area contributed by atoms with E-state index < -0.39 is 5.97 Å². The zero-order valence-corrected chi connectivity index (χ0v) is 10.0. The summed E-state index contributed by atoms with van der Waals surface area (Å²) >= 11 is 0. The monoisotopic (exact) mass is 242 g/mol. The van der Waals surface area contributed by atoms with Gasteiger partial charge in [0.15, 0.2) is 5.82 Å². The van der Waals surface area contributed by atoms with E-state index in [4.69, 9.17) is 14.4 Å². The van der Waals surface area contributed by atoms with E-state index in [1.165, 1.54) is 0 Å². The second-order valence-electron chi connectivity index (χ2n) is 3.76. The molecule has 0 saturated heterocycles. The van der Waals surface area contributed by atoms with Crippen LogP contribution < -0.4 is 0 Å². The third kappa shape index (κ3) is 6.01. The van der Waals surface area contributed by atoms with Crippen LogP contribution in [0.1, 0.15) is 44.3 Å². The Morgan fingerprint density at radius 3 is 3.00 bits per heavy atom. The Morgan fingerprint density at radius 1 is 1.47 bits per heavy atom. The first-order chi connectivity index (χ1) is 8.22. The van der Waals surface area contributed by atoms with Crippen LogP contribution in [0.25, 0.3) is 0 Å². The molecule has 0 aliphatic carbocycles. The van der Waals surface area contributed by atoms with Gasteiger partial charge in [-0.2, -0.15) is 4.98 Å². The predicted octanol–water partition coefficient (Wildman–Crippen LogP) is 1.79. The molecule has 1 rings (SSSR count). The number of aryl methyl sites for hydroxylation is 1. The summed E-state index contributed by atoms with van der Waals surface area (Å²) in [5.74, 6) is 0.321. The molecule has 1 N–H and O–H groups in total. The fraction of sp³-hybridized carbons (Fsp3) is 0.727. The Kier molecular flexibility index (Phi) is 6.24. The lowest BCUT2D eigenvalue weighted by Gasteiger charge is -1.95. The smallest absolute Gasteiger partial charge is 0.303 e. The van der Waals surface area contributed by atoms with E-state index in [9.17, 15) is 4.79 Å². The number of carboxylic acids is 1. The van der Waals surface area contributed by atoms with Crippen molar-refractivity contribution in [2.45, 2.75) is 45.6 Å². The number of ether oxygens (including phenoxy) is 1. The highest BCUT2D eigenvalue weighted by molar-refractivity contribution is 5.66. The lowest BCUT2D eigenvalue weighted by atomic mass is 10.2. The lowest BCUT2D eigenvalue weighted by molar-refractivity contribution is -0.137. The Hall–Kier alpha value is -1.43. The van der Waals surface area contributed by atoms with Crippen LogP contribution in [0.4, 0.5) is 0 Å². The molecule has 1 aromatic heterocycles. The molecule has 0 spiro atoms. The fourth-order valence-electron chi connectivity index (χ4n) is 1.31. The van der Waals surface area contributed by atoms with Gasteiger partial charge in [0.25, 0.3) is 0 Å². The second kappa shape index (κ2) is 7.78. The first-order valence-corrected chi connectivity index (χ1v) is 5.83. The highest BCUT2D eigenvalue weighted by Gasteiger charge is 2.06. The molecule has 0 unspecified atom stereocenters. The number of aromatic nitrogens is 2. The van der Waals surface area contributed by atoms with Crippen LogP contribution in [0.15, 0.2) is 4.52 Å². The van der Waals surface area contributed by atoms with Crippen LogP contribution in [0.5, 0.6) is 0 Å². The molecule has 0 amide bonds. The summed E-state index contributed by atoms with van der Waals surface area (Å²) in [6.45, 7) is 3.08. The number of hydrogen-bond donors (Lipinski definition) is 1. The molecular formula is C11H18N2O4. The fourth-order valence-corrected chi connectivity index (χ4v) is 1.31. The first-order valence-electron chi connectivity index (χ1n) is 5.83. The molecule has 6 nitrogen and oxygen atoms in total. The maximum atomic E-state index is 10.3. The average molecular weight is 242 g/mol. The van der Waals surface area contributed by atoms with Gasteiger partial charge in [-0.3, -0.25) is 4.79 Å². The molecule has 17 heavy (non-hydrogen) atoms. The zero-order chi connectivity index (χ0) is 12.5. The van der Waals surface area contributed by atoms with Crippen molar-refractivity contribution in [1.82, 2.24) is 10.1 Å². The minimum Gasteiger partial charge on any atom is -0.481 e. The van der Waals surface area contributed by atoms with E-state index in [2.05, 4.69) is 10.1 Å². The van der Waals surface area contributed by atoms with Crippen LogP contribution >= 0.6 is 0 Å². The van der Waals surface area contributed by atoms with Crippen molar-refractivity contribution >= 4 is 5.97 Å². The average Bonchev–Trinajstić information content (AvgIpc) is 2.73. The van der Waals surface area contributed by atoms with E-state index in [1.54, 1.807) is 0 Å². The molecule has 0 bridgehead atoms. The van der Waals surface area contributed by atoms with E-state index in [0.29, 0.717) is 37.8 Å². The maximum absolute atomic E-state index is 10.3. The molecule has 0 aliphatic heterocycles. The maximum Gasteiger partial charge on any atom is 0.303 e. The normalized spacial score (nSPS) is 10.6. The molecule has 0 fully saturated rings. The topological polar surface area (TPSA) is 85.5 Å². The molecule has 1 aromatic rings. The van der Waals surface area contributed by atoms with E-state index >= 15 is 0 Å². The third-order valence-corrected chi connectivity index (χ3v) is 2.12. The standard InChI is InChI=1S/C11H18N2O4/c1-2-7-16-8-9-12-10(17-13-9)5-3-4-6-11(14)15/h2-8H2,1H3,(H,14,15). The summed E-state index contributed by atoms with van der Waals surface area (Å²) in [5, 5.41) is 12.2. The third-order valence-electron chi connectivity index (χ3n) is 2.12. The van der Waals surface area contributed by atoms with Crippen LogP contribution in [-0.2, 0) is 22.6 Å². The van der Waals surface area contributed by atoms with Crippen molar-refractivity contribution < 1.29 is 19.2 Å².